The number of ether oxygens (including phenoxy) is 3. The Kier molecular flexibility index (Phi) is 4.21. The molecule has 0 saturated heterocycles. The highest BCUT2D eigenvalue weighted by molar-refractivity contribution is 5.75. The first-order chi connectivity index (χ1) is 9.46. The summed E-state index contributed by atoms with van der Waals surface area (Å²) in [5.41, 5.74) is 0.888. The number of hydrogen-bond acceptors (Lipinski definition) is 4. The van der Waals surface area contributed by atoms with E-state index < -0.39 is 6.10 Å². The van der Waals surface area contributed by atoms with Crippen LogP contribution < -0.4 is 9.47 Å². The molecule has 1 unspecified atom stereocenters. The molecule has 0 aliphatic carbocycles. The van der Waals surface area contributed by atoms with Crippen molar-refractivity contribution in [2.24, 2.45) is 0 Å². The first-order valence-electron chi connectivity index (χ1n) is 7.11. The molecule has 0 bridgehead atoms. The van der Waals surface area contributed by atoms with E-state index in [9.17, 15) is 4.79 Å². The lowest BCUT2D eigenvalue weighted by molar-refractivity contribution is -0.151. The molecule has 110 valence electrons. The number of fused-ring (bicyclic) bond motifs is 1. The van der Waals surface area contributed by atoms with Crippen LogP contribution in [0.4, 0.5) is 0 Å². The zero-order valence-corrected chi connectivity index (χ0v) is 12.6. The predicted octanol–water partition coefficient (Wildman–Crippen LogP) is 3.12. The van der Waals surface area contributed by atoms with Crippen molar-refractivity contribution in [1.29, 1.82) is 0 Å². The minimum atomic E-state index is -0.589. The van der Waals surface area contributed by atoms with E-state index in [2.05, 4.69) is 0 Å². The Morgan fingerprint density at radius 2 is 2.15 bits per heavy atom. The molecule has 20 heavy (non-hydrogen) atoms. The van der Waals surface area contributed by atoms with Crippen LogP contribution in [-0.4, -0.2) is 24.3 Å². The quantitative estimate of drug-likeness (QED) is 0.776. The summed E-state index contributed by atoms with van der Waals surface area (Å²) in [6, 6.07) is 5.79. The first-order valence-corrected chi connectivity index (χ1v) is 7.11. The second kappa shape index (κ2) is 5.73. The van der Waals surface area contributed by atoms with Gasteiger partial charge in [0.2, 0.25) is 0 Å². The molecule has 0 saturated carbocycles. The molecular formula is C16H22O4. The molecule has 4 heteroatoms. The van der Waals surface area contributed by atoms with E-state index >= 15 is 0 Å². The third-order valence-electron chi connectivity index (χ3n) is 3.24. The number of para-hydroxylation sites is 1. The summed E-state index contributed by atoms with van der Waals surface area (Å²) >= 11 is 0. The Morgan fingerprint density at radius 1 is 1.40 bits per heavy atom. The molecule has 1 heterocycles. The van der Waals surface area contributed by atoms with Gasteiger partial charge in [-0.3, -0.25) is 0 Å². The van der Waals surface area contributed by atoms with E-state index in [1.807, 2.05) is 39.0 Å². The van der Waals surface area contributed by atoms with Gasteiger partial charge in [-0.25, -0.2) is 4.79 Å². The molecule has 1 aromatic rings. The maximum Gasteiger partial charge on any atom is 0.347 e. The molecule has 0 N–H and O–H groups in total. The van der Waals surface area contributed by atoms with Crippen molar-refractivity contribution in [3.05, 3.63) is 23.8 Å². The summed E-state index contributed by atoms with van der Waals surface area (Å²) in [6.07, 6.45) is 0.815. The average molecular weight is 278 g/mol. The molecule has 4 nitrogen and oxygen atoms in total. The highest BCUT2D eigenvalue weighted by Gasteiger charge is 2.33. The number of rotatable bonds is 5. The smallest absolute Gasteiger partial charge is 0.347 e. The molecule has 2 rings (SSSR count). The van der Waals surface area contributed by atoms with Crippen LogP contribution in [0, 0.1) is 0 Å². The summed E-state index contributed by atoms with van der Waals surface area (Å²) in [5.74, 6) is 1.04. The van der Waals surface area contributed by atoms with Crippen LogP contribution >= 0.6 is 0 Å². The molecule has 0 amide bonds. The zero-order valence-electron chi connectivity index (χ0n) is 12.6. The second-order valence-electron chi connectivity index (χ2n) is 5.55. The highest BCUT2D eigenvalue weighted by atomic mass is 16.6. The Bertz CT molecular complexity index is 493. The molecule has 1 aliphatic heterocycles. The second-order valence-corrected chi connectivity index (χ2v) is 5.55. The lowest BCUT2D eigenvalue weighted by Gasteiger charge is -2.20. The average Bonchev–Trinajstić information content (AvgIpc) is 2.70. The van der Waals surface area contributed by atoms with Gasteiger partial charge in [0.05, 0.1) is 6.61 Å². The van der Waals surface area contributed by atoms with E-state index in [1.165, 1.54) is 0 Å². The summed E-state index contributed by atoms with van der Waals surface area (Å²) in [6.45, 7) is 8.12. The third kappa shape index (κ3) is 3.06. The largest absolute Gasteiger partial charge is 0.483 e. The van der Waals surface area contributed by atoms with Crippen LogP contribution in [0.5, 0.6) is 11.5 Å². The summed E-state index contributed by atoms with van der Waals surface area (Å²) in [5, 5.41) is 0. The summed E-state index contributed by atoms with van der Waals surface area (Å²) in [4.78, 5) is 11.8. The minimum Gasteiger partial charge on any atom is -0.483 e. The van der Waals surface area contributed by atoms with Crippen LogP contribution in [0.2, 0.25) is 0 Å². The normalized spacial score (nSPS) is 17.0. The summed E-state index contributed by atoms with van der Waals surface area (Å²) in [7, 11) is 0. The van der Waals surface area contributed by atoms with E-state index in [0.29, 0.717) is 18.8 Å². The number of esters is 1. The Labute approximate surface area is 120 Å². The van der Waals surface area contributed by atoms with Gasteiger partial charge in [-0.15, -0.1) is 0 Å². The van der Waals surface area contributed by atoms with Crippen molar-refractivity contribution < 1.29 is 19.0 Å². The van der Waals surface area contributed by atoms with Crippen molar-refractivity contribution in [3.63, 3.8) is 0 Å². The van der Waals surface area contributed by atoms with Gasteiger partial charge < -0.3 is 14.2 Å². The van der Waals surface area contributed by atoms with Gasteiger partial charge in [0, 0.05) is 12.0 Å². The lowest BCUT2D eigenvalue weighted by Crippen LogP contribution is -2.29. The van der Waals surface area contributed by atoms with Crippen molar-refractivity contribution in [1.82, 2.24) is 0 Å². The van der Waals surface area contributed by atoms with Crippen molar-refractivity contribution >= 4 is 5.97 Å². The number of hydrogen-bond donors (Lipinski definition) is 0. The fourth-order valence-electron chi connectivity index (χ4n) is 2.37. The molecule has 0 aromatic heterocycles. The Balaban J connectivity index is 2.19. The number of carbonyl (C=O) groups excluding carboxylic acids is 1. The molecular weight excluding hydrogens is 256 g/mol. The third-order valence-corrected chi connectivity index (χ3v) is 3.24. The van der Waals surface area contributed by atoms with E-state index in [1.54, 1.807) is 6.92 Å². The van der Waals surface area contributed by atoms with Gasteiger partial charge in [-0.1, -0.05) is 19.1 Å². The molecule has 0 fully saturated rings. The maximum absolute atomic E-state index is 11.8. The van der Waals surface area contributed by atoms with E-state index in [4.69, 9.17) is 14.2 Å². The van der Waals surface area contributed by atoms with Crippen LogP contribution in [0.3, 0.4) is 0 Å². The number of benzene rings is 1. The van der Waals surface area contributed by atoms with Crippen molar-refractivity contribution in [2.75, 3.05) is 6.61 Å². The van der Waals surface area contributed by atoms with Crippen LogP contribution in [0.15, 0.2) is 18.2 Å². The fraction of sp³-hybridized carbons (Fsp3) is 0.562. The van der Waals surface area contributed by atoms with E-state index in [0.717, 1.165) is 17.7 Å². The Morgan fingerprint density at radius 3 is 2.80 bits per heavy atom. The monoisotopic (exact) mass is 278 g/mol. The van der Waals surface area contributed by atoms with Gasteiger partial charge in [-0.2, -0.15) is 0 Å². The molecule has 0 spiro atoms. The van der Waals surface area contributed by atoms with Crippen molar-refractivity contribution in [3.8, 4) is 11.5 Å². The van der Waals surface area contributed by atoms with Gasteiger partial charge in [0.15, 0.2) is 17.6 Å². The standard InChI is InChI=1S/C16H22O4/c1-5-12(15(17)18-6-2)19-13-9-7-8-11-10-16(3,4)20-14(11)13/h7-9,12H,5-6,10H2,1-4H3. The molecule has 0 radical (unpaired) electrons. The highest BCUT2D eigenvalue weighted by Crippen LogP contribution is 2.42. The SMILES string of the molecule is CCOC(=O)C(CC)Oc1cccc2c1OC(C)(C)C2. The summed E-state index contributed by atoms with van der Waals surface area (Å²) < 4.78 is 16.8. The van der Waals surface area contributed by atoms with Crippen LogP contribution in [0.1, 0.15) is 39.7 Å². The first kappa shape index (κ1) is 14.7. The molecule has 1 atom stereocenters. The number of carbonyl (C=O) groups is 1. The van der Waals surface area contributed by atoms with Gasteiger partial charge in [-0.05, 0) is 33.3 Å². The topological polar surface area (TPSA) is 44.8 Å². The van der Waals surface area contributed by atoms with E-state index in [-0.39, 0.29) is 11.6 Å². The molecule has 1 aliphatic rings. The lowest BCUT2D eigenvalue weighted by atomic mass is 10.0. The zero-order chi connectivity index (χ0) is 14.8. The maximum atomic E-state index is 11.8. The van der Waals surface area contributed by atoms with Gasteiger partial charge in [0.1, 0.15) is 5.60 Å². The Hall–Kier alpha value is -1.71. The molecule has 1 aromatic carbocycles. The van der Waals surface area contributed by atoms with Gasteiger partial charge in [0.25, 0.3) is 0 Å². The van der Waals surface area contributed by atoms with Crippen molar-refractivity contribution in [2.45, 2.75) is 52.2 Å². The predicted molar refractivity (Wildman–Crippen MR) is 76.2 cm³/mol. The van der Waals surface area contributed by atoms with Crippen LogP contribution in [0.25, 0.3) is 0 Å². The van der Waals surface area contributed by atoms with Crippen LogP contribution in [-0.2, 0) is 16.0 Å². The fourth-order valence-corrected chi connectivity index (χ4v) is 2.37. The van der Waals surface area contributed by atoms with Gasteiger partial charge >= 0.3 is 5.97 Å². The minimum absolute atomic E-state index is 0.229.